The number of nitrogens with one attached hydrogen (secondary N) is 1. The summed E-state index contributed by atoms with van der Waals surface area (Å²) in [5.41, 5.74) is 1.02. The predicted octanol–water partition coefficient (Wildman–Crippen LogP) is 4.30. The second-order valence-electron chi connectivity index (χ2n) is 7.43. The van der Waals surface area contributed by atoms with Crippen molar-refractivity contribution < 1.29 is 4.42 Å². The highest BCUT2D eigenvalue weighted by molar-refractivity contribution is 7.21. The van der Waals surface area contributed by atoms with Crippen LogP contribution >= 0.6 is 22.9 Å². The van der Waals surface area contributed by atoms with Gasteiger partial charge in [0.1, 0.15) is 16.3 Å². The van der Waals surface area contributed by atoms with E-state index in [1.807, 2.05) is 24.3 Å². The van der Waals surface area contributed by atoms with E-state index in [4.69, 9.17) is 16.0 Å². The quantitative estimate of drug-likeness (QED) is 0.515. The Morgan fingerprint density at radius 1 is 1.24 bits per heavy atom. The SMILES string of the molecule is C[C@@H]1CN[C@@H](C)CN1c1ccc2cc(-c3nc4c(Cl)cccc4s3)c(=O)oc2n1. The molecule has 0 unspecified atom stereocenters. The zero-order valence-corrected chi connectivity index (χ0v) is 17.5. The van der Waals surface area contributed by atoms with E-state index in [2.05, 4.69) is 34.0 Å². The average molecular weight is 427 g/mol. The van der Waals surface area contributed by atoms with Crippen LogP contribution in [0, 0.1) is 0 Å². The van der Waals surface area contributed by atoms with Gasteiger partial charge >= 0.3 is 5.63 Å². The molecule has 148 valence electrons. The van der Waals surface area contributed by atoms with E-state index in [1.54, 1.807) is 12.1 Å². The van der Waals surface area contributed by atoms with Crippen LogP contribution in [0.4, 0.5) is 5.82 Å². The summed E-state index contributed by atoms with van der Waals surface area (Å²) < 4.78 is 6.52. The Kier molecular flexibility index (Phi) is 4.53. The molecule has 0 bridgehead atoms. The molecular weight excluding hydrogens is 408 g/mol. The van der Waals surface area contributed by atoms with E-state index in [0.29, 0.717) is 38.9 Å². The molecule has 0 radical (unpaired) electrons. The number of hydrogen-bond acceptors (Lipinski definition) is 7. The summed E-state index contributed by atoms with van der Waals surface area (Å²) in [4.78, 5) is 24.1. The number of fused-ring (bicyclic) bond motifs is 2. The first-order valence-electron chi connectivity index (χ1n) is 9.50. The number of thiazole rings is 1. The van der Waals surface area contributed by atoms with Crippen molar-refractivity contribution >= 4 is 50.1 Å². The van der Waals surface area contributed by atoms with Gasteiger partial charge in [0.25, 0.3) is 0 Å². The highest BCUT2D eigenvalue weighted by Gasteiger charge is 2.24. The normalized spacial score (nSPS) is 19.9. The van der Waals surface area contributed by atoms with Crippen molar-refractivity contribution in [2.24, 2.45) is 0 Å². The fraction of sp³-hybridized carbons (Fsp3) is 0.286. The van der Waals surface area contributed by atoms with Crippen molar-refractivity contribution in [1.29, 1.82) is 0 Å². The van der Waals surface area contributed by atoms with E-state index >= 15 is 0 Å². The first kappa shape index (κ1) is 18.5. The maximum atomic E-state index is 12.7. The maximum absolute atomic E-state index is 12.7. The number of aromatic nitrogens is 2. The molecule has 0 spiro atoms. The Morgan fingerprint density at radius 2 is 2.10 bits per heavy atom. The van der Waals surface area contributed by atoms with Crippen molar-refractivity contribution in [3.8, 4) is 10.6 Å². The Hall–Kier alpha value is -2.48. The minimum atomic E-state index is -0.445. The Labute approximate surface area is 176 Å². The lowest BCUT2D eigenvalue weighted by Gasteiger charge is -2.38. The van der Waals surface area contributed by atoms with Gasteiger partial charge in [0, 0.05) is 30.6 Å². The molecule has 0 saturated carbocycles. The largest absolute Gasteiger partial charge is 0.403 e. The summed E-state index contributed by atoms with van der Waals surface area (Å²) in [6, 6.07) is 12.0. The van der Waals surface area contributed by atoms with Crippen LogP contribution < -0.4 is 15.8 Å². The first-order chi connectivity index (χ1) is 14.0. The zero-order chi connectivity index (χ0) is 20.1. The van der Waals surface area contributed by atoms with Gasteiger partial charge in [-0.15, -0.1) is 11.3 Å². The molecule has 4 heterocycles. The lowest BCUT2D eigenvalue weighted by Crippen LogP contribution is -2.54. The molecule has 29 heavy (non-hydrogen) atoms. The summed E-state index contributed by atoms with van der Waals surface area (Å²) in [7, 11) is 0. The van der Waals surface area contributed by atoms with Gasteiger partial charge in [0.05, 0.1) is 15.3 Å². The number of halogens is 1. The highest BCUT2D eigenvalue weighted by atomic mass is 35.5. The number of pyridine rings is 1. The standard InChI is InChI=1S/C21H19ClN4O2S/c1-11-10-26(12(2)9-23-11)17-7-6-13-8-14(21(27)28-19(13)24-17)20-25-18-15(22)4-3-5-16(18)29-20/h3-8,11-12,23H,9-10H2,1-2H3/t11-,12+/m0/s1. The molecular formula is C21H19ClN4O2S. The molecule has 8 heteroatoms. The van der Waals surface area contributed by atoms with Gasteiger partial charge in [0.15, 0.2) is 0 Å². The topological polar surface area (TPSA) is 71.3 Å². The molecule has 1 aliphatic rings. The molecule has 1 N–H and O–H groups in total. The van der Waals surface area contributed by atoms with E-state index in [0.717, 1.165) is 29.0 Å². The number of anilines is 1. The highest BCUT2D eigenvalue weighted by Crippen LogP contribution is 2.33. The predicted molar refractivity (Wildman–Crippen MR) is 118 cm³/mol. The molecule has 4 aromatic rings. The second-order valence-corrected chi connectivity index (χ2v) is 8.87. The molecule has 3 aromatic heterocycles. The minimum Gasteiger partial charge on any atom is -0.403 e. The average Bonchev–Trinajstić information content (AvgIpc) is 3.14. The molecule has 6 nitrogen and oxygen atoms in total. The van der Waals surface area contributed by atoms with Crippen LogP contribution in [-0.2, 0) is 0 Å². The third kappa shape index (κ3) is 3.29. The lowest BCUT2D eigenvalue weighted by molar-refractivity contribution is 0.422. The summed E-state index contributed by atoms with van der Waals surface area (Å²) in [6.45, 7) is 6.05. The lowest BCUT2D eigenvalue weighted by atomic mass is 10.1. The van der Waals surface area contributed by atoms with Gasteiger partial charge in [-0.1, -0.05) is 17.7 Å². The van der Waals surface area contributed by atoms with E-state index < -0.39 is 5.63 Å². The molecule has 5 rings (SSSR count). The van der Waals surface area contributed by atoms with Crippen LogP contribution in [-0.4, -0.2) is 35.1 Å². The Balaban J connectivity index is 1.58. The summed E-state index contributed by atoms with van der Waals surface area (Å²) in [6.07, 6.45) is 0. The second kappa shape index (κ2) is 7.09. The van der Waals surface area contributed by atoms with E-state index in [-0.39, 0.29) is 0 Å². The maximum Gasteiger partial charge on any atom is 0.347 e. The van der Waals surface area contributed by atoms with Crippen LogP contribution in [0.5, 0.6) is 0 Å². The van der Waals surface area contributed by atoms with Crippen LogP contribution in [0.1, 0.15) is 13.8 Å². The summed E-state index contributed by atoms with van der Waals surface area (Å²) in [5.74, 6) is 0.820. The zero-order valence-electron chi connectivity index (χ0n) is 16.0. The van der Waals surface area contributed by atoms with Crippen LogP contribution in [0.15, 0.2) is 45.6 Å². The van der Waals surface area contributed by atoms with E-state index in [1.165, 1.54) is 11.3 Å². The number of hydrogen-bond donors (Lipinski definition) is 1. The van der Waals surface area contributed by atoms with Crippen molar-refractivity contribution in [3.05, 3.63) is 51.8 Å². The van der Waals surface area contributed by atoms with E-state index in [9.17, 15) is 4.79 Å². The molecule has 1 fully saturated rings. The fourth-order valence-corrected chi connectivity index (χ4v) is 4.94. The molecule has 1 aromatic carbocycles. The van der Waals surface area contributed by atoms with Crippen molar-refractivity contribution in [2.45, 2.75) is 25.9 Å². The number of piperazine rings is 1. The number of nitrogens with zero attached hydrogens (tertiary/aromatic N) is 3. The Morgan fingerprint density at radius 3 is 2.93 bits per heavy atom. The van der Waals surface area contributed by atoms with Crippen LogP contribution in [0.2, 0.25) is 5.02 Å². The molecule has 1 saturated heterocycles. The van der Waals surface area contributed by atoms with Gasteiger partial charge in [-0.2, -0.15) is 4.98 Å². The van der Waals surface area contributed by atoms with Crippen molar-refractivity contribution in [3.63, 3.8) is 0 Å². The number of rotatable bonds is 2. The van der Waals surface area contributed by atoms with Crippen LogP contribution in [0.25, 0.3) is 31.9 Å². The summed E-state index contributed by atoms with van der Waals surface area (Å²) in [5, 5.41) is 5.39. The number of para-hydroxylation sites is 1. The number of benzene rings is 1. The van der Waals surface area contributed by atoms with Crippen molar-refractivity contribution in [2.75, 3.05) is 18.0 Å². The molecule has 2 atom stereocenters. The minimum absolute atomic E-state index is 0.314. The van der Waals surface area contributed by atoms with Gasteiger partial charge in [-0.05, 0) is 44.2 Å². The van der Waals surface area contributed by atoms with Gasteiger partial charge in [-0.25, -0.2) is 9.78 Å². The molecule has 1 aliphatic heterocycles. The summed E-state index contributed by atoms with van der Waals surface area (Å²) >= 11 is 7.65. The monoisotopic (exact) mass is 426 g/mol. The fourth-order valence-electron chi connectivity index (χ4n) is 3.67. The van der Waals surface area contributed by atoms with Gasteiger partial charge in [-0.3, -0.25) is 0 Å². The van der Waals surface area contributed by atoms with Crippen LogP contribution in [0.3, 0.4) is 0 Å². The van der Waals surface area contributed by atoms with Gasteiger partial charge in [0.2, 0.25) is 5.71 Å². The smallest absolute Gasteiger partial charge is 0.347 e. The first-order valence-corrected chi connectivity index (χ1v) is 10.7. The third-order valence-corrected chi connectivity index (χ3v) is 6.60. The van der Waals surface area contributed by atoms with Gasteiger partial charge < -0.3 is 14.6 Å². The third-order valence-electron chi connectivity index (χ3n) is 5.24. The molecule has 0 aliphatic carbocycles. The van der Waals surface area contributed by atoms with Crippen molar-refractivity contribution in [1.82, 2.24) is 15.3 Å². The Bertz CT molecular complexity index is 1280. The molecule has 0 amide bonds.